The van der Waals surface area contributed by atoms with E-state index in [1.165, 1.54) is 12.2 Å². The zero-order chi connectivity index (χ0) is 19.6. The number of methoxy groups -OCH3 is 1. The molecule has 0 heterocycles. The summed E-state index contributed by atoms with van der Waals surface area (Å²) in [5.41, 5.74) is 2.02. The number of hydroxylamine groups is 2. The molecule has 0 saturated carbocycles. The number of carbonyl (C=O) groups excluding carboxylic acids is 1. The van der Waals surface area contributed by atoms with E-state index in [4.69, 9.17) is 19.0 Å². The summed E-state index contributed by atoms with van der Waals surface area (Å²) in [4.78, 5) is 17.2. The van der Waals surface area contributed by atoms with Crippen LogP contribution in [0.3, 0.4) is 0 Å². The van der Waals surface area contributed by atoms with Crippen molar-refractivity contribution in [3.8, 4) is 11.5 Å². The number of hydrogen-bond acceptors (Lipinski definition) is 5. The van der Waals surface area contributed by atoms with Gasteiger partial charge in [0.2, 0.25) is 0 Å². The van der Waals surface area contributed by atoms with Crippen LogP contribution in [0.4, 0.5) is 0 Å². The minimum absolute atomic E-state index is 0.210. The molecule has 0 saturated heterocycles. The minimum Gasteiger partial charge on any atom is -0.497 e. The molecular weight excluding hydrogens is 346 g/mol. The summed E-state index contributed by atoms with van der Waals surface area (Å²) in [5, 5.41) is 1.19. The Morgan fingerprint density at radius 3 is 2.41 bits per heavy atom. The molecule has 0 unspecified atom stereocenters. The number of rotatable bonds is 10. The fourth-order valence-corrected chi connectivity index (χ4v) is 2.58. The summed E-state index contributed by atoms with van der Waals surface area (Å²) in [6.45, 7) is 2.77. The Morgan fingerprint density at radius 1 is 1.04 bits per heavy atom. The minimum atomic E-state index is -0.580. The molecule has 0 radical (unpaired) electrons. The van der Waals surface area contributed by atoms with Crippen LogP contribution in [0, 0.1) is 0 Å². The third kappa shape index (κ3) is 6.27. The first-order valence-corrected chi connectivity index (χ1v) is 8.85. The molecule has 2 rings (SSSR count). The van der Waals surface area contributed by atoms with Gasteiger partial charge in [-0.2, -0.15) is 0 Å². The Kier molecular flexibility index (Phi) is 8.10. The summed E-state index contributed by atoms with van der Waals surface area (Å²) in [6.07, 6.45) is -0.111. The lowest BCUT2D eigenvalue weighted by Gasteiger charge is -2.21. The Morgan fingerprint density at radius 2 is 1.78 bits per heavy atom. The first-order chi connectivity index (χ1) is 13.1. The highest BCUT2D eigenvalue weighted by atomic mass is 16.7. The van der Waals surface area contributed by atoms with Gasteiger partial charge >= 0.3 is 0 Å². The van der Waals surface area contributed by atoms with Crippen LogP contribution in [-0.2, 0) is 27.4 Å². The number of hydrogen-bond donors (Lipinski definition) is 0. The van der Waals surface area contributed by atoms with Gasteiger partial charge < -0.3 is 14.2 Å². The van der Waals surface area contributed by atoms with Crippen molar-refractivity contribution >= 4 is 5.91 Å². The third-order valence-corrected chi connectivity index (χ3v) is 4.11. The summed E-state index contributed by atoms with van der Waals surface area (Å²) < 4.78 is 16.6. The largest absolute Gasteiger partial charge is 0.497 e. The van der Waals surface area contributed by atoms with Gasteiger partial charge in [0.15, 0.2) is 0 Å². The fraction of sp³-hybridized carbons (Fsp3) is 0.381. The number of ether oxygens (including phenoxy) is 3. The van der Waals surface area contributed by atoms with E-state index < -0.39 is 6.10 Å². The molecule has 0 aliphatic rings. The number of likely N-dealkylation sites (N-methyl/N-ethyl adjacent to an activating group) is 1. The van der Waals surface area contributed by atoms with Crippen molar-refractivity contribution < 1.29 is 23.8 Å². The van der Waals surface area contributed by atoms with Gasteiger partial charge in [0.05, 0.1) is 14.2 Å². The van der Waals surface area contributed by atoms with Crippen molar-refractivity contribution in [3.63, 3.8) is 0 Å². The Bertz CT molecular complexity index is 717. The molecule has 0 aromatic heterocycles. The van der Waals surface area contributed by atoms with Crippen LogP contribution in [0.2, 0.25) is 0 Å². The summed E-state index contributed by atoms with van der Waals surface area (Å²) in [5.74, 6) is 1.35. The van der Waals surface area contributed by atoms with E-state index in [1.807, 2.05) is 55.5 Å². The van der Waals surface area contributed by atoms with E-state index in [0.717, 1.165) is 22.6 Å². The topological polar surface area (TPSA) is 57.2 Å². The number of amides is 1. The lowest BCUT2D eigenvalue weighted by molar-refractivity contribution is -0.180. The molecule has 27 heavy (non-hydrogen) atoms. The normalized spacial score (nSPS) is 11.7. The molecule has 6 nitrogen and oxygen atoms in total. The zero-order valence-electron chi connectivity index (χ0n) is 16.3. The Labute approximate surface area is 160 Å². The standard InChI is InChI=1S/C21H27NO5/c1-5-26-20(21(23)22(2)25-4)14-16-9-11-18(12-10-16)27-15-17-7-6-8-19(13-17)24-3/h6-13,20H,5,14-15H2,1-4H3/t20-/m1/s1. The predicted molar refractivity (Wildman–Crippen MR) is 103 cm³/mol. The smallest absolute Gasteiger partial charge is 0.275 e. The maximum atomic E-state index is 12.3. The van der Waals surface area contributed by atoms with Crippen LogP contribution in [0.15, 0.2) is 48.5 Å². The SMILES string of the molecule is CCO[C@H](Cc1ccc(OCc2cccc(OC)c2)cc1)C(=O)N(C)OC. The van der Waals surface area contributed by atoms with Crippen molar-refractivity contribution in [2.24, 2.45) is 0 Å². The molecular formula is C21H27NO5. The van der Waals surface area contributed by atoms with E-state index in [0.29, 0.717) is 19.6 Å². The summed E-state index contributed by atoms with van der Waals surface area (Å²) in [6, 6.07) is 15.4. The molecule has 0 fully saturated rings. The van der Waals surface area contributed by atoms with Gasteiger partial charge in [0, 0.05) is 20.1 Å². The second kappa shape index (κ2) is 10.5. The van der Waals surface area contributed by atoms with Gasteiger partial charge in [0.1, 0.15) is 24.2 Å². The number of carbonyl (C=O) groups is 1. The molecule has 0 aliphatic heterocycles. The van der Waals surface area contributed by atoms with Crippen molar-refractivity contribution in [1.29, 1.82) is 0 Å². The molecule has 0 N–H and O–H groups in total. The highest BCUT2D eigenvalue weighted by Crippen LogP contribution is 2.18. The van der Waals surface area contributed by atoms with Gasteiger partial charge in [-0.05, 0) is 42.3 Å². The second-order valence-corrected chi connectivity index (χ2v) is 5.95. The molecule has 2 aromatic rings. The van der Waals surface area contributed by atoms with Gasteiger partial charge in [-0.15, -0.1) is 0 Å². The molecule has 6 heteroatoms. The second-order valence-electron chi connectivity index (χ2n) is 5.95. The third-order valence-electron chi connectivity index (χ3n) is 4.11. The summed E-state index contributed by atoms with van der Waals surface area (Å²) in [7, 11) is 4.67. The average Bonchev–Trinajstić information content (AvgIpc) is 2.72. The lowest BCUT2D eigenvalue weighted by Crippen LogP contribution is -2.38. The van der Waals surface area contributed by atoms with Gasteiger partial charge in [-0.1, -0.05) is 24.3 Å². The highest BCUT2D eigenvalue weighted by Gasteiger charge is 2.23. The van der Waals surface area contributed by atoms with Crippen LogP contribution in [0.5, 0.6) is 11.5 Å². The van der Waals surface area contributed by atoms with Gasteiger partial charge in [0.25, 0.3) is 5.91 Å². The summed E-state index contributed by atoms with van der Waals surface area (Å²) >= 11 is 0. The number of benzene rings is 2. The van der Waals surface area contributed by atoms with E-state index >= 15 is 0 Å². The van der Waals surface area contributed by atoms with Crippen LogP contribution < -0.4 is 9.47 Å². The molecule has 0 aliphatic carbocycles. The van der Waals surface area contributed by atoms with Crippen molar-refractivity contribution in [1.82, 2.24) is 5.06 Å². The van der Waals surface area contributed by atoms with E-state index in [9.17, 15) is 4.79 Å². The van der Waals surface area contributed by atoms with Gasteiger partial charge in [-0.3, -0.25) is 9.63 Å². The maximum absolute atomic E-state index is 12.3. The van der Waals surface area contributed by atoms with E-state index in [1.54, 1.807) is 14.2 Å². The van der Waals surface area contributed by atoms with Crippen molar-refractivity contribution in [3.05, 3.63) is 59.7 Å². The predicted octanol–water partition coefficient (Wildman–Crippen LogP) is 3.24. The van der Waals surface area contributed by atoms with Crippen molar-refractivity contribution in [2.75, 3.05) is 27.9 Å². The monoisotopic (exact) mass is 373 g/mol. The number of nitrogens with zero attached hydrogens (tertiary/aromatic N) is 1. The molecule has 2 aromatic carbocycles. The first-order valence-electron chi connectivity index (χ1n) is 8.85. The molecule has 0 bridgehead atoms. The van der Waals surface area contributed by atoms with Crippen molar-refractivity contribution in [2.45, 2.75) is 26.1 Å². The molecule has 1 atom stereocenters. The average molecular weight is 373 g/mol. The lowest BCUT2D eigenvalue weighted by atomic mass is 10.1. The molecule has 1 amide bonds. The van der Waals surface area contributed by atoms with E-state index in [-0.39, 0.29) is 5.91 Å². The van der Waals surface area contributed by atoms with Gasteiger partial charge in [-0.25, -0.2) is 5.06 Å². The molecule has 146 valence electrons. The van der Waals surface area contributed by atoms with Crippen LogP contribution in [0.1, 0.15) is 18.1 Å². The zero-order valence-corrected chi connectivity index (χ0v) is 16.3. The van der Waals surface area contributed by atoms with Crippen LogP contribution in [0.25, 0.3) is 0 Å². The first kappa shape index (κ1) is 20.7. The van der Waals surface area contributed by atoms with E-state index in [2.05, 4.69) is 0 Å². The Balaban J connectivity index is 1.95. The van der Waals surface area contributed by atoms with Crippen LogP contribution >= 0.6 is 0 Å². The molecule has 0 spiro atoms. The highest BCUT2D eigenvalue weighted by molar-refractivity contribution is 5.80. The Hall–Kier alpha value is -2.57. The fourth-order valence-electron chi connectivity index (χ4n) is 2.58. The quantitative estimate of drug-likeness (QED) is 0.599. The van der Waals surface area contributed by atoms with Crippen LogP contribution in [-0.4, -0.2) is 44.9 Å². The maximum Gasteiger partial charge on any atom is 0.275 e.